The van der Waals surface area contributed by atoms with Gasteiger partial charge >= 0.3 is 0 Å². The Bertz CT molecular complexity index is 581. The third kappa shape index (κ3) is 4.79. The Balaban J connectivity index is 0.00000243. The summed E-state index contributed by atoms with van der Waals surface area (Å²) in [5.74, 6) is 0.250. The van der Waals surface area contributed by atoms with Crippen molar-refractivity contribution in [3.8, 4) is 0 Å². The fraction of sp³-hybridized carbons (Fsp3) is 0.667. The average molecular weight is 381 g/mol. The molecule has 0 aromatic heterocycles. The van der Waals surface area contributed by atoms with Crippen LogP contribution in [0.3, 0.4) is 0 Å². The summed E-state index contributed by atoms with van der Waals surface area (Å²) in [5.41, 5.74) is 9.04. The van der Waals surface area contributed by atoms with Crippen molar-refractivity contribution in [3.05, 3.63) is 35.4 Å². The van der Waals surface area contributed by atoms with Gasteiger partial charge in [-0.2, -0.15) is 0 Å². The van der Waals surface area contributed by atoms with Crippen molar-refractivity contribution in [1.82, 2.24) is 5.32 Å². The van der Waals surface area contributed by atoms with Crippen molar-refractivity contribution >= 4 is 18.3 Å². The number of carbonyl (C=O) groups is 1. The first-order valence-electron chi connectivity index (χ1n) is 9.79. The Morgan fingerprint density at radius 1 is 1.23 bits per heavy atom. The molecule has 2 aliphatic rings. The van der Waals surface area contributed by atoms with Crippen LogP contribution in [0.2, 0.25) is 0 Å². The van der Waals surface area contributed by atoms with E-state index < -0.39 is 6.04 Å². The van der Waals surface area contributed by atoms with E-state index in [1.165, 1.54) is 30.4 Å². The second kappa shape index (κ2) is 9.72. The van der Waals surface area contributed by atoms with E-state index in [4.69, 9.17) is 10.5 Å². The number of aryl methyl sites for hydroxylation is 1. The first kappa shape index (κ1) is 21.2. The maximum absolute atomic E-state index is 12.7. The number of benzene rings is 1. The quantitative estimate of drug-likeness (QED) is 0.821. The SMILES string of the molecule is Cc1ccccc1C1(CNC(=O)C(N)C2CCOCC2)CCCCC1.Cl. The van der Waals surface area contributed by atoms with Crippen LogP contribution in [0.25, 0.3) is 0 Å². The Morgan fingerprint density at radius 2 is 1.88 bits per heavy atom. The average Bonchev–Trinajstić information content (AvgIpc) is 2.67. The van der Waals surface area contributed by atoms with E-state index in [0.717, 1.165) is 38.9 Å². The minimum Gasteiger partial charge on any atom is -0.381 e. The van der Waals surface area contributed by atoms with Crippen LogP contribution in [0, 0.1) is 12.8 Å². The standard InChI is InChI=1S/C21H32N2O2.ClH/c1-16-7-3-4-8-18(16)21(11-5-2-6-12-21)15-23-20(24)19(22)17-9-13-25-14-10-17;/h3-4,7-8,17,19H,2,5-6,9-15,22H2,1H3,(H,23,24);1H. The Kier molecular flexibility index (Phi) is 7.93. The zero-order chi connectivity index (χ0) is 17.7. The second-order valence-corrected chi connectivity index (χ2v) is 7.85. The molecule has 1 atom stereocenters. The lowest BCUT2D eigenvalue weighted by Crippen LogP contribution is -2.51. The monoisotopic (exact) mass is 380 g/mol. The van der Waals surface area contributed by atoms with Crippen molar-refractivity contribution in [2.75, 3.05) is 19.8 Å². The van der Waals surface area contributed by atoms with E-state index in [0.29, 0.717) is 6.54 Å². The van der Waals surface area contributed by atoms with Gasteiger partial charge in [0.25, 0.3) is 0 Å². The van der Waals surface area contributed by atoms with E-state index in [9.17, 15) is 4.79 Å². The number of hydrogen-bond donors (Lipinski definition) is 2. The van der Waals surface area contributed by atoms with Crippen LogP contribution < -0.4 is 11.1 Å². The first-order valence-corrected chi connectivity index (χ1v) is 9.79. The molecule has 0 radical (unpaired) electrons. The molecule has 3 rings (SSSR count). The number of nitrogens with two attached hydrogens (primary N) is 1. The molecule has 1 aromatic carbocycles. The predicted molar refractivity (Wildman–Crippen MR) is 108 cm³/mol. The van der Waals surface area contributed by atoms with Crippen molar-refractivity contribution in [2.45, 2.75) is 63.3 Å². The Labute approximate surface area is 163 Å². The number of nitrogens with one attached hydrogen (secondary N) is 1. The van der Waals surface area contributed by atoms with Gasteiger partial charge in [0, 0.05) is 25.2 Å². The zero-order valence-corrected chi connectivity index (χ0v) is 16.7. The molecule has 1 saturated carbocycles. The molecule has 1 amide bonds. The minimum atomic E-state index is -0.415. The first-order chi connectivity index (χ1) is 12.1. The number of hydrogen-bond acceptors (Lipinski definition) is 3. The van der Waals surface area contributed by atoms with Crippen LogP contribution in [0.5, 0.6) is 0 Å². The molecule has 146 valence electrons. The molecule has 1 saturated heterocycles. The fourth-order valence-electron chi connectivity index (χ4n) is 4.60. The highest BCUT2D eigenvalue weighted by molar-refractivity contribution is 5.85. The molecule has 4 nitrogen and oxygen atoms in total. The van der Waals surface area contributed by atoms with E-state index >= 15 is 0 Å². The molecule has 1 aliphatic heterocycles. The predicted octanol–water partition coefficient (Wildman–Crippen LogP) is 3.49. The maximum Gasteiger partial charge on any atom is 0.237 e. The number of halogens is 1. The van der Waals surface area contributed by atoms with Gasteiger partial charge in [0.15, 0.2) is 0 Å². The maximum atomic E-state index is 12.7. The lowest BCUT2D eigenvalue weighted by Gasteiger charge is -2.39. The third-order valence-corrected chi connectivity index (χ3v) is 6.20. The molecule has 3 N–H and O–H groups in total. The summed E-state index contributed by atoms with van der Waals surface area (Å²) in [5, 5.41) is 3.21. The van der Waals surface area contributed by atoms with Crippen molar-refractivity contribution in [1.29, 1.82) is 0 Å². The molecule has 26 heavy (non-hydrogen) atoms. The highest BCUT2D eigenvalue weighted by atomic mass is 35.5. The molecule has 0 bridgehead atoms. The molecular formula is C21H33ClN2O2. The number of amides is 1. The molecule has 5 heteroatoms. The Hall–Kier alpha value is -1.10. The number of rotatable bonds is 5. The van der Waals surface area contributed by atoms with Gasteiger partial charge in [-0.1, -0.05) is 43.5 Å². The number of ether oxygens (including phenoxy) is 1. The lowest BCUT2D eigenvalue weighted by atomic mass is 9.68. The molecule has 1 unspecified atom stereocenters. The van der Waals surface area contributed by atoms with Crippen LogP contribution in [-0.4, -0.2) is 31.7 Å². The highest BCUT2D eigenvalue weighted by Crippen LogP contribution is 2.40. The van der Waals surface area contributed by atoms with Gasteiger partial charge in [-0.15, -0.1) is 12.4 Å². The summed E-state index contributed by atoms with van der Waals surface area (Å²) in [4.78, 5) is 12.7. The van der Waals surface area contributed by atoms with Crippen molar-refractivity contribution in [3.63, 3.8) is 0 Å². The van der Waals surface area contributed by atoms with Gasteiger partial charge in [-0.3, -0.25) is 4.79 Å². The topological polar surface area (TPSA) is 64.4 Å². The van der Waals surface area contributed by atoms with E-state index in [1.807, 2.05) is 0 Å². The van der Waals surface area contributed by atoms with Gasteiger partial charge in [-0.05, 0) is 49.7 Å². The van der Waals surface area contributed by atoms with Gasteiger partial charge < -0.3 is 15.8 Å². The van der Waals surface area contributed by atoms with E-state index in [1.54, 1.807) is 0 Å². The van der Waals surface area contributed by atoms with Crippen molar-refractivity contribution < 1.29 is 9.53 Å². The number of carbonyl (C=O) groups excluding carboxylic acids is 1. The largest absolute Gasteiger partial charge is 0.381 e. The summed E-state index contributed by atoms with van der Waals surface area (Å²) in [6, 6.07) is 8.22. The van der Waals surface area contributed by atoms with E-state index in [2.05, 4.69) is 36.5 Å². The van der Waals surface area contributed by atoms with Gasteiger partial charge in [0.2, 0.25) is 5.91 Å². The van der Waals surface area contributed by atoms with Gasteiger partial charge in [0.05, 0.1) is 6.04 Å². The van der Waals surface area contributed by atoms with Crippen LogP contribution in [0.4, 0.5) is 0 Å². The fourth-order valence-corrected chi connectivity index (χ4v) is 4.60. The summed E-state index contributed by atoms with van der Waals surface area (Å²) in [6.07, 6.45) is 7.82. The van der Waals surface area contributed by atoms with Crippen molar-refractivity contribution in [2.24, 2.45) is 11.7 Å². The molecular weight excluding hydrogens is 348 g/mol. The van der Waals surface area contributed by atoms with Gasteiger partial charge in [0.1, 0.15) is 0 Å². The normalized spacial score (nSPS) is 21.5. The van der Waals surface area contributed by atoms with Crippen LogP contribution in [-0.2, 0) is 14.9 Å². The summed E-state index contributed by atoms with van der Waals surface area (Å²) >= 11 is 0. The van der Waals surface area contributed by atoms with Crippen LogP contribution >= 0.6 is 12.4 Å². The zero-order valence-electron chi connectivity index (χ0n) is 15.8. The smallest absolute Gasteiger partial charge is 0.237 e. The summed E-state index contributed by atoms with van der Waals surface area (Å²) in [6.45, 7) is 4.33. The minimum absolute atomic E-state index is 0. The Morgan fingerprint density at radius 3 is 2.54 bits per heavy atom. The third-order valence-electron chi connectivity index (χ3n) is 6.20. The van der Waals surface area contributed by atoms with Crippen LogP contribution in [0.1, 0.15) is 56.1 Å². The molecule has 1 aliphatic carbocycles. The summed E-state index contributed by atoms with van der Waals surface area (Å²) in [7, 11) is 0. The molecule has 1 aromatic rings. The molecule has 0 spiro atoms. The molecule has 1 heterocycles. The van der Waals surface area contributed by atoms with E-state index in [-0.39, 0.29) is 29.6 Å². The van der Waals surface area contributed by atoms with Crippen LogP contribution in [0.15, 0.2) is 24.3 Å². The van der Waals surface area contributed by atoms with Gasteiger partial charge in [-0.25, -0.2) is 0 Å². The summed E-state index contributed by atoms with van der Waals surface area (Å²) < 4.78 is 5.38. The molecule has 2 fully saturated rings. The second-order valence-electron chi connectivity index (χ2n) is 7.85. The lowest BCUT2D eigenvalue weighted by molar-refractivity contribution is -0.124. The highest BCUT2D eigenvalue weighted by Gasteiger charge is 2.36.